The molecule has 0 radical (unpaired) electrons. The molecular formula is C22H36N2O13. The van der Waals surface area contributed by atoms with Gasteiger partial charge < -0.3 is 46.4 Å². The van der Waals surface area contributed by atoms with Crippen LogP contribution < -0.4 is 10.6 Å². The van der Waals surface area contributed by atoms with Gasteiger partial charge in [0.1, 0.15) is 30.0 Å². The van der Waals surface area contributed by atoms with Gasteiger partial charge in [-0.3, -0.25) is 28.8 Å². The summed E-state index contributed by atoms with van der Waals surface area (Å²) in [5, 5.41) is 69.8. The van der Waals surface area contributed by atoms with Crippen LogP contribution in [0, 0.1) is 11.8 Å². The summed E-state index contributed by atoms with van der Waals surface area (Å²) < 4.78 is 0. The van der Waals surface area contributed by atoms with Gasteiger partial charge >= 0.3 is 11.9 Å². The lowest BCUT2D eigenvalue weighted by atomic mass is 9.93. The van der Waals surface area contributed by atoms with E-state index in [1.54, 1.807) is 0 Å². The fraction of sp³-hybridized carbons (Fsp3) is 0.727. The van der Waals surface area contributed by atoms with Crippen molar-refractivity contribution in [3.63, 3.8) is 0 Å². The number of carbonyl (C=O) groups is 6. The monoisotopic (exact) mass is 536 g/mol. The van der Waals surface area contributed by atoms with Crippen molar-refractivity contribution in [1.29, 1.82) is 0 Å². The molecule has 7 atom stereocenters. The maximum atomic E-state index is 12.7. The summed E-state index contributed by atoms with van der Waals surface area (Å²) in [5.74, 6) is -8.30. The Bertz CT molecular complexity index is 804. The number of carbonyl (C=O) groups excluding carboxylic acids is 4. The molecule has 0 aliphatic heterocycles. The zero-order valence-corrected chi connectivity index (χ0v) is 20.6. The smallest absolute Gasteiger partial charge is 0.314 e. The van der Waals surface area contributed by atoms with Gasteiger partial charge in [0.2, 0.25) is 11.8 Å². The van der Waals surface area contributed by atoms with Crippen LogP contribution in [-0.2, 0) is 28.8 Å². The second kappa shape index (κ2) is 16.7. The first-order valence-electron chi connectivity index (χ1n) is 11.5. The normalized spacial score (nSPS) is 16.8. The highest BCUT2D eigenvalue weighted by atomic mass is 16.4. The zero-order valence-electron chi connectivity index (χ0n) is 20.6. The number of carboxylic acid groups (broad SMARTS) is 2. The summed E-state index contributed by atoms with van der Waals surface area (Å²) in [4.78, 5) is 70.9. The number of nitrogens with one attached hydrogen (secondary N) is 2. The van der Waals surface area contributed by atoms with E-state index in [2.05, 4.69) is 10.6 Å². The van der Waals surface area contributed by atoms with Crippen LogP contribution in [0.15, 0.2) is 0 Å². The number of aliphatic carboxylic acids is 2. The van der Waals surface area contributed by atoms with E-state index in [1.165, 1.54) is 6.92 Å². The lowest BCUT2D eigenvalue weighted by molar-refractivity contribution is -0.148. The number of aliphatic hydroxyl groups is 5. The predicted octanol–water partition coefficient (Wildman–Crippen LogP) is -3.45. The van der Waals surface area contributed by atoms with E-state index in [4.69, 9.17) is 15.3 Å². The molecule has 212 valence electrons. The third-order valence-corrected chi connectivity index (χ3v) is 5.63. The first kappa shape index (κ1) is 34.0. The standard InChI is InChI=1S/C22H36N2O13/c1-10(3-6-18(31)32)21(35)24-13(14(27)7-12(11(2)26)22(36)37)4-5-17(30)23-8-15(28)19(33)20(34)16(29)9-25/h10,12-13,15-16,19-20,25,28-29,33-34H,3-9H2,1-2H3,(H,23,30)(H,24,35)(H,31,32)(H,36,37)/t10-,12-,13-,15-,16+,19+,20+/m0/s1. The summed E-state index contributed by atoms with van der Waals surface area (Å²) in [7, 11) is 0. The molecule has 0 aliphatic carbocycles. The van der Waals surface area contributed by atoms with Gasteiger partial charge in [0.15, 0.2) is 5.78 Å². The molecule has 2 amide bonds. The van der Waals surface area contributed by atoms with Gasteiger partial charge in [-0.05, 0) is 19.8 Å². The van der Waals surface area contributed by atoms with Crippen molar-refractivity contribution in [1.82, 2.24) is 10.6 Å². The first-order valence-corrected chi connectivity index (χ1v) is 11.5. The highest BCUT2D eigenvalue weighted by Gasteiger charge is 2.32. The molecule has 0 aromatic heterocycles. The quantitative estimate of drug-likeness (QED) is 0.0728. The number of amides is 2. The molecule has 15 nitrogen and oxygen atoms in total. The topological polar surface area (TPSA) is 268 Å². The third kappa shape index (κ3) is 12.7. The first-order chi connectivity index (χ1) is 17.1. The minimum atomic E-state index is -1.91. The molecule has 0 fully saturated rings. The van der Waals surface area contributed by atoms with Crippen LogP contribution in [0.1, 0.15) is 46.0 Å². The minimum Gasteiger partial charge on any atom is -0.481 e. The number of rotatable bonds is 19. The van der Waals surface area contributed by atoms with Crippen molar-refractivity contribution in [2.75, 3.05) is 13.2 Å². The number of ketones is 2. The van der Waals surface area contributed by atoms with E-state index >= 15 is 0 Å². The fourth-order valence-corrected chi connectivity index (χ4v) is 3.11. The van der Waals surface area contributed by atoms with Crippen molar-refractivity contribution >= 4 is 35.3 Å². The van der Waals surface area contributed by atoms with E-state index in [9.17, 15) is 49.2 Å². The summed E-state index contributed by atoms with van der Waals surface area (Å²) in [6.07, 6.45) is -9.18. The maximum absolute atomic E-state index is 12.7. The van der Waals surface area contributed by atoms with Gasteiger partial charge in [-0.2, -0.15) is 0 Å². The Balaban J connectivity index is 5.24. The highest BCUT2D eigenvalue weighted by Crippen LogP contribution is 2.13. The van der Waals surface area contributed by atoms with Gasteiger partial charge in [-0.15, -0.1) is 0 Å². The van der Waals surface area contributed by atoms with E-state index in [1.807, 2.05) is 0 Å². The van der Waals surface area contributed by atoms with Crippen molar-refractivity contribution in [3.05, 3.63) is 0 Å². The Labute approximate surface area is 212 Å². The van der Waals surface area contributed by atoms with Gasteiger partial charge in [-0.1, -0.05) is 6.92 Å². The summed E-state index contributed by atoms with van der Waals surface area (Å²) in [6.45, 7) is 0.922. The second-order valence-corrected chi connectivity index (χ2v) is 8.71. The van der Waals surface area contributed by atoms with Gasteiger partial charge in [0, 0.05) is 31.7 Å². The molecule has 15 heteroatoms. The van der Waals surface area contributed by atoms with Gasteiger partial charge in [0.25, 0.3) is 0 Å². The van der Waals surface area contributed by atoms with Crippen LogP contribution in [-0.4, -0.2) is 115 Å². The molecule has 0 aliphatic rings. The minimum absolute atomic E-state index is 0.0508. The summed E-state index contributed by atoms with van der Waals surface area (Å²) in [6, 6.07) is -1.39. The fourth-order valence-electron chi connectivity index (χ4n) is 3.11. The van der Waals surface area contributed by atoms with Crippen molar-refractivity contribution in [3.8, 4) is 0 Å². The average Bonchev–Trinajstić information content (AvgIpc) is 2.84. The molecule has 9 N–H and O–H groups in total. The van der Waals surface area contributed by atoms with E-state index in [0.29, 0.717) is 0 Å². The van der Waals surface area contributed by atoms with Crippen molar-refractivity contribution in [2.45, 2.75) is 76.4 Å². The molecule has 0 aromatic rings. The molecule has 0 rings (SSSR count). The lowest BCUT2D eigenvalue weighted by Crippen LogP contribution is -2.49. The van der Waals surface area contributed by atoms with Crippen LogP contribution in [0.4, 0.5) is 0 Å². The Hall–Kier alpha value is -2.98. The van der Waals surface area contributed by atoms with Crippen LogP contribution in [0.25, 0.3) is 0 Å². The van der Waals surface area contributed by atoms with Crippen LogP contribution >= 0.6 is 0 Å². The Morgan fingerprint density at radius 1 is 0.838 bits per heavy atom. The van der Waals surface area contributed by atoms with Gasteiger partial charge in [0.05, 0.1) is 18.8 Å². The van der Waals surface area contributed by atoms with E-state index < -0.39 is 104 Å². The molecule has 0 aromatic carbocycles. The SMILES string of the molecule is CC(=O)[C@H](CC(=O)[C@H](CCC(=O)NC[C@H](O)[C@@H](O)[C@H](O)[C@H](O)CO)NC(=O)[C@@H](C)CCC(=O)O)C(=O)O. The molecule has 0 spiro atoms. The number of hydrogen-bond donors (Lipinski definition) is 9. The van der Waals surface area contributed by atoms with E-state index in [-0.39, 0.29) is 19.3 Å². The summed E-state index contributed by atoms with van der Waals surface area (Å²) in [5.41, 5.74) is 0. The van der Waals surface area contributed by atoms with Crippen molar-refractivity contribution in [2.24, 2.45) is 11.8 Å². The lowest BCUT2D eigenvalue weighted by Gasteiger charge is -2.25. The predicted molar refractivity (Wildman–Crippen MR) is 123 cm³/mol. The van der Waals surface area contributed by atoms with Crippen molar-refractivity contribution < 1.29 is 64.5 Å². The molecule has 0 heterocycles. The van der Waals surface area contributed by atoms with E-state index in [0.717, 1.165) is 6.92 Å². The maximum Gasteiger partial charge on any atom is 0.314 e. The number of aliphatic hydroxyl groups excluding tert-OH is 5. The third-order valence-electron chi connectivity index (χ3n) is 5.63. The number of carboxylic acids is 2. The average molecular weight is 537 g/mol. The highest BCUT2D eigenvalue weighted by molar-refractivity contribution is 6.02. The molecule has 0 saturated heterocycles. The van der Waals surface area contributed by atoms with Crippen LogP contribution in [0.2, 0.25) is 0 Å². The largest absolute Gasteiger partial charge is 0.481 e. The zero-order chi connectivity index (χ0) is 28.9. The number of hydrogen-bond acceptors (Lipinski definition) is 11. The molecular weight excluding hydrogens is 500 g/mol. The van der Waals surface area contributed by atoms with Crippen LogP contribution in [0.3, 0.4) is 0 Å². The molecule has 37 heavy (non-hydrogen) atoms. The second-order valence-electron chi connectivity index (χ2n) is 8.71. The molecule has 0 unspecified atom stereocenters. The van der Waals surface area contributed by atoms with Crippen LogP contribution in [0.5, 0.6) is 0 Å². The molecule has 0 saturated carbocycles. The molecule has 0 bridgehead atoms. The Morgan fingerprint density at radius 3 is 1.89 bits per heavy atom. The summed E-state index contributed by atoms with van der Waals surface area (Å²) >= 11 is 0. The van der Waals surface area contributed by atoms with Gasteiger partial charge in [-0.25, -0.2) is 0 Å². The Kier molecular flexibility index (Phi) is 15.4. The Morgan fingerprint density at radius 2 is 1.41 bits per heavy atom. The number of Topliss-reactive ketones (excluding diaryl/α,β-unsaturated/α-hetero) is 2.